The van der Waals surface area contributed by atoms with Crippen molar-refractivity contribution in [1.29, 1.82) is 0 Å². The van der Waals surface area contributed by atoms with Gasteiger partial charge in [-0.2, -0.15) is 0 Å². The Hall–Kier alpha value is -2.70. The van der Waals surface area contributed by atoms with Crippen LogP contribution in [-0.2, 0) is 17.8 Å². The number of hydrogen-bond acceptors (Lipinski definition) is 4. The van der Waals surface area contributed by atoms with Crippen LogP contribution >= 0.6 is 0 Å². The first-order valence-corrected chi connectivity index (χ1v) is 10.0. The molecule has 2 aromatic rings. The minimum atomic E-state index is -0.251. The summed E-state index contributed by atoms with van der Waals surface area (Å²) in [7, 11) is 1.62. The Kier molecular flexibility index (Phi) is 6.11. The number of aryl methyl sites for hydroxylation is 1. The third-order valence-electron chi connectivity index (χ3n) is 5.40. The summed E-state index contributed by atoms with van der Waals surface area (Å²) in [5.41, 5.74) is 0.950. The van der Waals surface area contributed by atoms with Crippen molar-refractivity contribution < 1.29 is 9.59 Å². The second-order valence-corrected chi connectivity index (χ2v) is 7.25. The summed E-state index contributed by atoms with van der Waals surface area (Å²) in [6.45, 7) is 5.80. The molecule has 0 saturated heterocycles. The lowest BCUT2D eigenvalue weighted by molar-refractivity contribution is -0.131. The molecule has 1 aliphatic rings. The average molecular weight is 384 g/mol. The van der Waals surface area contributed by atoms with Crippen molar-refractivity contribution in [2.75, 3.05) is 26.7 Å². The van der Waals surface area contributed by atoms with Gasteiger partial charge in [-0.15, -0.1) is 0 Å². The lowest BCUT2D eigenvalue weighted by atomic mass is 10.1. The van der Waals surface area contributed by atoms with Gasteiger partial charge in [0.2, 0.25) is 5.91 Å². The fraction of sp³-hybridized carbons (Fsp3) is 0.524. The van der Waals surface area contributed by atoms with Crippen LogP contribution in [0.15, 0.2) is 23.0 Å². The van der Waals surface area contributed by atoms with Crippen molar-refractivity contribution in [3.05, 3.63) is 39.9 Å². The van der Waals surface area contributed by atoms with E-state index < -0.39 is 0 Å². The van der Waals surface area contributed by atoms with E-state index in [1.54, 1.807) is 34.7 Å². The molecule has 0 unspecified atom stereocenters. The van der Waals surface area contributed by atoms with Crippen LogP contribution in [0, 0.1) is 0 Å². The highest BCUT2D eigenvalue weighted by Crippen LogP contribution is 2.17. The molecular weight excluding hydrogens is 356 g/mol. The number of benzene rings is 1. The van der Waals surface area contributed by atoms with E-state index in [0.717, 1.165) is 31.5 Å². The summed E-state index contributed by atoms with van der Waals surface area (Å²) in [4.78, 5) is 45.7. The molecule has 28 heavy (non-hydrogen) atoms. The fourth-order valence-corrected chi connectivity index (χ4v) is 3.72. The minimum Gasteiger partial charge on any atom is -0.342 e. The van der Waals surface area contributed by atoms with Gasteiger partial charge in [-0.3, -0.25) is 19.0 Å². The second-order valence-electron chi connectivity index (χ2n) is 7.25. The number of carbonyl (C=O) groups excluding carboxylic acids is 2. The molecule has 1 aliphatic heterocycles. The molecule has 7 nitrogen and oxygen atoms in total. The van der Waals surface area contributed by atoms with Crippen LogP contribution in [0.4, 0.5) is 0 Å². The summed E-state index contributed by atoms with van der Waals surface area (Å²) < 4.78 is 1.77. The number of nitrogens with zero attached hydrogens (tertiary/aromatic N) is 4. The number of rotatable bonds is 5. The first-order chi connectivity index (χ1) is 13.5. The van der Waals surface area contributed by atoms with E-state index in [1.807, 2.05) is 13.8 Å². The number of likely N-dealkylation sites (N-methyl/N-ethyl adjacent to an activating group) is 2. The summed E-state index contributed by atoms with van der Waals surface area (Å²) in [6.07, 6.45) is 3.88. The van der Waals surface area contributed by atoms with Gasteiger partial charge in [0.15, 0.2) is 0 Å². The van der Waals surface area contributed by atoms with E-state index in [-0.39, 0.29) is 23.9 Å². The smallest absolute Gasteiger partial charge is 0.261 e. The lowest BCUT2D eigenvalue weighted by Gasteiger charge is -2.23. The van der Waals surface area contributed by atoms with Gasteiger partial charge in [0, 0.05) is 38.7 Å². The van der Waals surface area contributed by atoms with E-state index in [2.05, 4.69) is 4.98 Å². The predicted molar refractivity (Wildman–Crippen MR) is 108 cm³/mol. The van der Waals surface area contributed by atoms with Crippen molar-refractivity contribution in [3.8, 4) is 0 Å². The van der Waals surface area contributed by atoms with Crippen LogP contribution in [0.5, 0.6) is 0 Å². The van der Waals surface area contributed by atoms with E-state index in [9.17, 15) is 14.4 Å². The van der Waals surface area contributed by atoms with Crippen LogP contribution in [0.1, 0.15) is 49.3 Å². The third kappa shape index (κ3) is 3.93. The first-order valence-electron chi connectivity index (χ1n) is 10.0. The molecule has 1 aromatic carbocycles. The van der Waals surface area contributed by atoms with Gasteiger partial charge in [0.1, 0.15) is 5.82 Å². The number of amides is 2. The van der Waals surface area contributed by atoms with Gasteiger partial charge < -0.3 is 9.80 Å². The highest BCUT2D eigenvalue weighted by molar-refractivity contribution is 5.99. The number of carbonyl (C=O) groups is 2. The summed E-state index contributed by atoms with van der Waals surface area (Å²) in [6, 6.07) is 5.00. The molecule has 0 N–H and O–H groups in total. The predicted octanol–water partition coefficient (Wildman–Crippen LogP) is 2.06. The van der Waals surface area contributed by atoms with Crippen molar-refractivity contribution in [3.63, 3.8) is 0 Å². The maximum Gasteiger partial charge on any atom is 0.261 e. The SMILES string of the molecule is CCN(CC)C(=O)CN(C)C(=O)c1ccc2c(=O)n3c(nc2c1)CCCCC3. The molecule has 0 atom stereocenters. The van der Waals surface area contributed by atoms with E-state index in [4.69, 9.17) is 0 Å². The largest absolute Gasteiger partial charge is 0.342 e. The van der Waals surface area contributed by atoms with Gasteiger partial charge in [-0.1, -0.05) is 6.42 Å². The van der Waals surface area contributed by atoms with Crippen LogP contribution < -0.4 is 5.56 Å². The Morgan fingerprint density at radius 2 is 1.89 bits per heavy atom. The monoisotopic (exact) mass is 384 g/mol. The van der Waals surface area contributed by atoms with E-state index in [1.165, 1.54) is 4.90 Å². The zero-order valence-corrected chi connectivity index (χ0v) is 16.9. The van der Waals surface area contributed by atoms with Crippen LogP contribution in [0.3, 0.4) is 0 Å². The Morgan fingerprint density at radius 3 is 2.61 bits per heavy atom. The normalized spacial score (nSPS) is 13.7. The molecule has 0 aliphatic carbocycles. The van der Waals surface area contributed by atoms with Crippen LogP contribution in [0.2, 0.25) is 0 Å². The maximum atomic E-state index is 12.8. The Morgan fingerprint density at radius 1 is 1.14 bits per heavy atom. The van der Waals surface area contributed by atoms with Gasteiger partial charge >= 0.3 is 0 Å². The molecule has 0 radical (unpaired) electrons. The lowest BCUT2D eigenvalue weighted by Crippen LogP contribution is -2.41. The molecule has 2 heterocycles. The van der Waals surface area contributed by atoms with Gasteiger partial charge in [0.25, 0.3) is 11.5 Å². The molecule has 2 amide bonds. The molecule has 0 saturated carbocycles. The highest BCUT2D eigenvalue weighted by Gasteiger charge is 2.20. The Labute approximate surface area is 165 Å². The highest BCUT2D eigenvalue weighted by atomic mass is 16.2. The van der Waals surface area contributed by atoms with Crippen molar-refractivity contribution in [1.82, 2.24) is 19.4 Å². The molecule has 0 bridgehead atoms. The molecule has 0 fully saturated rings. The van der Waals surface area contributed by atoms with E-state index >= 15 is 0 Å². The van der Waals surface area contributed by atoms with Crippen molar-refractivity contribution in [2.45, 2.75) is 46.1 Å². The summed E-state index contributed by atoms with van der Waals surface area (Å²) >= 11 is 0. The quantitative estimate of drug-likeness (QED) is 0.791. The molecule has 1 aromatic heterocycles. The average Bonchev–Trinajstić information content (AvgIpc) is 2.93. The molecule has 7 heteroatoms. The minimum absolute atomic E-state index is 0.0266. The zero-order chi connectivity index (χ0) is 20.3. The standard InChI is InChI=1S/C21H28N4O3/c1-4-24(5-2)19(26)14-23(3)20(27)15-10-11-16-17(13-15)22-18-9-7-6-8-12-25(18)21(16)28/h10-11,13H,4-9,12,14H2,1-3H3. The summed E-state index contributed by atoms with van der Waals surface area (Å²) in [5.74, 6) is 0.465. The van der Waals surface area contributed by atoms with Crippen molar-refractivity contribution in [2.24, 2.45) is 0 Å². The zero-order valence-electron chi connectivity index (χ0n) is 16.9. The van der Waals surface area contributed by atoms with Crippen molar-refractivity contribution >= 4 is 22.7 Å². The Bertz CT molecular complexity index is 947. The maximum absolute atomic E-state index is 12.8. The first kappa shape index (κ1) is 20.0. The number of aromatic nitrogens is 2. The topological polar surface area (TPSA) is 75.5 Å². The van der Waals surface area contributed by atoms with Gasteiger partial charge in [0.05, 0.1) is 17.4 Å². The van der Waals surface area contributed by atoms with Gasteiger partial charge in [-0.05, 0) is 44.9 Å². The second kappa shape index (κ2) is 8.54. The number of fused-ring (bicyclic) bond motifs is 2. The van der Waals surface area contributed by atoms with Crippen LogP contribution in [0.25, 0.3) is 10.9 Å². The third-order valence-corrected chi connectivity index (χ3v) is 5.40. The number of hydrogen-bond donors (Lipinski definition) is 0. The summed E-state index contributed by atoms with van der Waals surface area (Å²) in [5, 5.41) is 0.532. The fourth-order valence-electron chi connectivity index (χ4n) is 3.72. The van der Waals surface area contributed by atoms with Crippen LogP contribution in [-0.4, -0.2) is 57.8 Å². The molecular formula is C21H28N4O3. The molecule has 3 rings (SSSR count). The Balaban J connectivity index is 1.88. The van der Waals surface area contributed by atoms with E-state index in [0.29, 0.717) is 36.1 Å². The molecule has 150 valence electrons. The molecule has 0 spiro atoms. The van der Waals surface area contributed by atoms with Gasteiger partial charge in [-0.25, -0.2) is 4.98 Å².